The minimum absolute atomic E-state index is 0.0845. The maximum absolute atomic E-state index is 12.7. The predicted octanol–water partition coefficient (Wildman–Crippen LogP) is 4.00. The number of nitrogens with two attached hydrogens (primary N) is 1. The van der Waals surface area contributed by atoms with Gasteiger partial charge < -0.3 is 15.1 Å². The molecule has 0 fully saturated rings. The number of rotatable bonds is 5. The first-order chi connectivity index (χ1) is 12.0. The molecular formula is C19H21N3O2S. The Labute approximate surface area is 151 Å². The average molecular weight is 355 g/mol. The molecule has 1 unspecified atom stereocenters. The fourth-order valence-electron chi connectivity index (χ4n) is 2.66. The van der Waals surface area contributed by atoms with Gasteiger partial charge in [0.15, 0.2) is 0 Å². The van der Waals surface area contributed by atoms with Crippen molar-refractivity contribution < 1.29 is 9.21 Å². The number of amides is 1. The Bertz CT molecular complexity index is 870. The van der Waals surface area contributed by atoms with Crippen molar-refractivity contribution in [2.75, 3.05) is 7.05 Å². The van der Waals surface area contributed by atoms with Crippen LogP contribution >= 0.6 is 11.3 Å². The van der Waals surface area contributed by atoms with Crippen molar-refractivity contribution in [1.82, 2.24) is 9.88 Å². The maximum Gasteiger partial charge on any atom is 0.257 e. The molecule has 0 aliphatic rings. The van der Waals surface area contributed by atoms with Crippen LogP contribution in [-0.2, 0) is 6.54 Å². The van der Waals surface area contributed by atoms with Gasteiger partial charge in [-0.25, -0.2) is 4.98 Å². The van der Waals surface area contributed by atoms with Crippen LogP contribution < -0.4 is 5.73 Å². The van der Waals surface area contributed by atoms with Gasteiger partial charge in [0.25, 0.3) is 5.91 Å². The topological polar surface area (TPSA) is 72.4 Å². The number of benzene rings is 1. The summed E-state index contributed by atoms with van der Waals surface area (Å²) in [6.45, 7) is 4.27. The number of carbonyl (C=O) groups is 1. The third-order valence-electron chi connectivity index (χ3n) is 4.24. The second-order valence-electron chi connectivity index (χ2n) is 5.93. The van der Waals surface area contributed by atoms with Crippen molar-refractivity contribution >= 4 is 17.2 Å². The zero-order valence-corrected chi connectivity index (χ0v) is 15.3. The molecule has 1 aromatic carbocycles. The number of hydrogen-bond acceptors (Lipinski definition) is 5. The molecule has 0 aliphatic heterocycles. The molecule has 1 atom stereocenters. The molecular weight excluding hydrogens is 334 g/mol. The molecule has 0 saturated carbocycles. The van der Waals surface area contributed by atoms with Gasteiger partial charge in [0.05, 0.1) is 28.7 Å². The number of aromatic nitrogens is 1. The van der Waals surface area contributed by atoms with Gasteiger partial charge in [0, 0.05) is 12.6 Å². The molecule has 3 rings (SSSR count). The number of hydrogen-bond donors (Lipinski definition) is 1. The van der Waals surface area contributed by atoms with Crippen LogP contribution in [0.4, 0.5) is 0 Å². The molecule has 5 nitrogen and oxygen atoms in total. The average Bonchev–Trinajstić information content (AvgIpc) is 3.27. The van der Waals surface area contributed by atoms with E-state index >= 15 is 0 Å². The highest BCUT2D eigenvalue weighted by atomic mass is 32.1. The highest BCUT2D eigenvalue weighted by Gasteiger charge is 2.24. The smallest absolute Gasteiger partial charge is 0.257 e. The first-order valence-corrected chi connectivity index (χ1v) is 8.90. The number of carbonyl (C=O) groups excluding carboxylic acids is 1. The number of aryl methyl sites for hydroxylation is 1. The third-order valence-corrected chi connectivity index (χ3v) is 5.61. The Kier molecular flexibility index (Phi) is 5.01. The number of furan rings is 1. The van der Waals surface area contributed by atoms with Crippen LogP contribution in [0.15, 0.2) is 47.1 Å². The summed E-state index contributed by atoms with van der Waals surface area (Å²) in [6, 6.07) is 11.7. The second-order valence-corrected chi connectivity index (χ2v) is 6.96. The normalized spacial score (nSPS) is 12.2. The second kappa shape index (κ2) is 7.21. The highest BCUT2D eigenvalue weighted by Crippen LogP contribution is 2.34. The largest absolute Gasteiger partial charge is 0.467 e. The molecule has 0 saturated heterocycles. The molecule has 130 valence electrons. The lowest BCUT2D eigenvalue weighted by atomic mass is 10.2. The molecule has 2 N–H and O–H groups in total. The fraction of sp³-hybridized carbons (Fsp3) is 0.263. The molecule has 0 spiro atoms. The van der Waals surface area contributed by atoms with E-state index in [-0.39, 0.29) is 18.5 Å². The molecule has 2 heterocycles. The van der Waals surface area contributed by atoms with Gasteiger partial charge in [-0.05, 0) is 19.9 Å². The molecule has 2 aromatic heterocycles. The summed E-state index contributed by atoms with van der Waals surface area (Å²) in [5, 5.41) is 0.967. The van der Waals surface area contributed by atoms with Gasteiger partial charge >= 0.3 is 0 Å². The van der Waals surface area contributed by atoms with E-state index in [9.17, 15) is 4.79 Å². The van der Waals surface area contributed by atoms with E-state index < -0.39 is 0 Å². The molecule has 0 aliphatic carbocycles. The zero-order valence-electron chi connectivity index (χ0n) is 14.5. The van der Waals surface area contributed by atoms with Gasteiger partial charge in [-0.1, -0.05) is 30.3 Å². The lowest BCUT2D eigenvalue weighted by Gasteiger charge is -2.23. The minimum Gasteiger partial charge on any atom is -0.467 e. The van der Waals surface area contributed by atoms with Crippen molar-refractivity contribution in [3.63, 3.8) is 0 Å². The zero-order chi connectivity index (χ0) is 18.0. The lowest BCUT2D eigenvalue weighted by molar-refractivity contribution is 0.0744. The van der Waals surface area contributed by atoms with Gasteiger partial charge in [0.2, 0.25) is 0 Å². The van der Waals surface area contributed by atoms with Crippen LogP contribution in [-0.4, -0.2) is 22.8 Å². The summed E-state index contributed by atoms with van der Waals surface area (Å²) in [4.78, 5) is 20.2. The Balaban J connectivity index is 1.83. The first-order valence-electron chi connectivity index (χ1n) is 8.08. The van der Waals surface area contributed by atoms with Crippen molar-refractivity contribution in [3.8, 4) is 10.6 Å². The van der Waals surface area contributed by atoms with Crippen LogP contribution in [0, 0.1) is 6.92 Å². The van der Waals surface area contributed by atoms with Crippen molar-refractivity contribution in [2.45, 2.75) is 26.4 Å². The standard InChI is InChI=1S/C19H21N3O2S/c1-12-17(25-18(21-12)14-7-5-4-6-8-14)13(2)22(3)19(23)15-9-16(10-20)24-11-15/h4-9,11,13H,10,20H2,1-3H3. The van der Waals surface area contributed by atoms with E-state index in [1.165, 1.54) is 6.26 Å². The van der Waals surface area contributed by atoms with Crippen LogP contribution in [0.5, 0.6) is 0 Å². The van der Waals surface area contributed by atoms with Gasteiger partial charge in [-0.2, -0.15) is 0 Å². The summed E-state index contributed by atoms with van der Waals surface area (Å²) in [5.41, 5.74) is 8.10. The van der Waals surface area contributed by atoms with Crippen LogP contribution in [0.2, 0.25) is 0 Å². The van der Waals surface area contributed by atoms with E-state index in [2.05, 4.69) is 4.98 Å². The summed E-state index contributed by atoms with van der Waals surface area (Å²) >= 11 is 1.62. The fourth-order valence-corrected chi connectivity index (χ4v) is 3.82. The molecule has 1 amide bonds. The van der Waals surface area contributed by atoms with Gasteiger partial charge in [-0.15, -0.1) is 11.3 Å². The van der Waals surface area contributed by atoms with Crippen molar-refractivity contribution in [3.05, 3.63) is 64.6 Å². The van der Waals surface area contributed by atoms with Crippen molar-refractivity contribution in [2.24, 2.45) is 5.73 Å². The number of thiazole rings is 1. The lowest BCUT2D eigenvalue weighted by Crippen LogP contribution is -2.29. The summed E-state index contributed by atoms with van der Waals surface area (Å²) in [6.07, 6.45) is 1.46. The monoisotopic (exact) mass is 355 g/mol. The van der Waals surface area contributed by atoms with Crippen molar-refractivity contribution in [1.29, 1.82) is 0 Å². The van der Waals surface area contributed by atoms with Crippen LogP contribution in [0.3, 0.4) is 0 Å². The molecule has 25 heavy (non-hydrogen) atoms. The van der Waals surface area contributed by atoms with Crippen LogP contribution in [0.1, 0.15) is 39.7 Å². The molecule has 3 aromatic rings. The number of nitrogens with zero attached hydrogens (tertiary/aromatic N) is 2. The summed E-state index contributed by atoms with van der Waals surface area (Å²) in [7, 11) is 1.80. The molecule has 0 bridgehead atoms. The summed E-state index contributed by atoms with van der Waals surface area (Å²) in [5.74, 6) is 0.509. The predicted molar refractivity (Wildman–Crippen MR) is 99.4 cm³/mol. The van der Waals surface area contributed by atoms with Crippen LogP contribution in [0.25, 0.3) is 10.6 Å². The Morgan fingerprint density at radius 1 is 1.36 bits per heavy atom. The van der Waals surface area contributed by atoms with Gasteiger partial charge in [-0.3, -0.25) is 4.79 Å². The quantitative estimate of drug-likeness (QED) is 0.751. The van der Waals surface area contributed by atoms with E-state index in [1.807, 2.05) is 44.2 Å². The Hall–Kier alpha value is -2.44. The Morgan fingerprint density at radius 2 is 2.08 bits per heavy atom. The van der Waals surface area contributed by atoms with Gasteiger partial charge in [0.1, 0.15) is 17.0 Å². The Morgan fingerprint density at radius 3 is 2.72 bits per heavy atom. The SMILES string of the molecule is Cc1nc(-c2ccccc2)sc1C(C)N(C)C(=O)c1coc(CN)c1. The first kappa shape index (κ1) is 17.4. The van der Waals surface area contributed by atoms with E-state index in [4.69, 9.17) is 10.2 Å². The summed E-state index contributed by atoms with van der Waals surface area (Å²) < 4.78 is 5.27. The van der Waals surface area contributed by atoms with E-state index in [0.717, 1.165) is 21.1 Å². The maximum atomic E-state index is 12.7. The molecule has 6 heteroatoms. The third kappa shape index (κ3) is 3.50. The minimum atomic E-state index is -0.0926. The molecule has 0 radical (unpaired) electrons. The van der Waals surface area contributed by atoms with E-state index in [1.54, 1.807) is 29.4 Å². The van der Waals surface area contributed by atoms with E-state index in [0.29, 0.717) is 11.3 Å². The highest BCUT2D eigenvalue weighted by molar-refractivity contribution is 7.15.